The van der Waals surface area contributed by atoms with Crippen LogP contribution in [0.5, 0.6) is 0 Å². The molecule has 0 radical (unpaired) electrons. The standard InChI is InChI=1S/C17H22FN3O2/c1-5-20(11-17(3,4)23)16(22)15-9-12(2)21(19-15)14-8-6-7-13(18)10-14/h6-10,23H,5,11H2,1-4H3. The SMILES string of the molecule is CCN(CC(C)(C)O)C(=O)c1cc(C)n(-c2cccc(F)c2)n1. The van der Waals surface area contributed by atoms with Gasteiger partial charge in [0.25, 0.3) is 5.91 Å². The van der Waals surface area contributed by atoms with Crippen LogP contribution in [0.1, 0.15) is 37.0 Å². The van der Waals surface area contributed by atoms with E-state index >= 15 is 0 Å². The van der Waals surface area contributed by atoms with Crippen LogP contribution in [-0.4, -0.2) is 44.4 Å². The first-order valence-corrected chi connectivity index (χ1v) is 7.55. The molecule has 1 aromatic heterocycles. The predicted molar refractivity (Wildman–Crippen MR) is 86.1 cm³/mol. The van der Waals surface area contributed by atoms with Gasteiger partial charge in [-0.15, -0.1) is 0 Å². The number of aryl methyl sites for hydroxylation is 1. The lowest BCUT2D eigenvalue weighted by molar-refractivity contribution is 0.0311. The Labute approximate surface area is 135 Å². The summed E-state index contributed by atoms with van der Waals surface area (Å²) >= 11 is 0. The zero-order valence-electron chi connectivity index (χ0n) is 13.9. The molecule has 2 rings (SSSR count). The molecule has 2 aromatic rings. The number of halogens is 1. The minimum absolute atomic E-state index is 0.216. The molecule has 0 aliphatic rings. The highest BCUT2D eigenvalue weighted by Gasteiger charge is 2.24. The van der Waals surface area contributed by atoms with Crippen molar-refractivity contribution in [3.8, 4) is 5.69 Å². The number of aliphatic hydroxyl groups is 1. The quantitative estimate of drug-likeness (QED) is 0.921. The third-order valence-electron chi connectivity index (χ3n) is 3.41. The van der Waals surface area contributed by atoms with Crippen molar-refractivity contribution in [2.24, 2.45) is 0 Å². The van der Waals surface area contributed by atoms with E-state index in [0.717, 1.165) is 5.69 Å². The largest absolute Gasteiger partial charge is 0.389 e. The van der Waals surface area contributed by atoms with E-state index in [4.69, 9.17) is 0 Å². The molecule has 0 fully saturated rings. The lowest BCUT2D eigenvalue weighted by Crippen LogP contribution is -2.42. The summed E-state index contributed by atoms with van der Waals surface area (Å²) in [6, 6.07) is 7.71. The average molecular weight is 319 g/mol. The fourth-order valence-electron chi connectivity index (χ4n) is 2.40. The van der Waals surface area contributed by atoms with Gasteiger partial charge < -0.3 is 10.0 Å². The highest BCUT2D eigenvalue weighted by molar-refractivity contribution is 5.92. The third kappa shape index (κ3) is 4.16. The number of rotatable bonds is 5. The molecule has 1 heterocycles. The summed E-state index contributed by atoms with van der Waals surface area (Å²) in [6.45, 7) is 7.64. The van der Waals surface area contributed by atoms with Crippen LogP contribution in [-0.2, 0) is 0 Å². The van der Waals surface area contributed by atoms with E-state index in [0.29, 0.717) is 12.2 Å². The topological polar surface area (TPSA) is 58.4 Å². The highest BCUT2D eigenvalue weighted by atomic mass is 19.1. The average Bonchev–Trinajstić information content (AvgIpc) is 2.85. The van der Waals surface area contributed by atoms with E-state index in [2.05, 4.69) is 5.10 Å². The van der Waals surface area contributed by atoms with E-state index in [1.807, 2.05) is 6.92 Å². The molecule has 1 aromatic carbocycles. The van der Waals surface area contributed by atoms with Gasteiger partial charge in [-0.3, -0.25) is 4.79 Å². The van der Waals surface area contributed by atoms with Crippen LogP contribution in [0.25, 0.3) is 5.69 Å². The normalized spacial score (nSPS) is 11.6. The maximum Gasteiger partial charge on any atom is 0.274 e. The minimum Gasteiger partial charge on any atom is -0.389 e. The van der Waals surface area contributed by atoms with Gasteiger partial charge in [0.15, 0.2) is 5.69 Å². The summed E-state index contributed by atoms with van der Waals surface area (Å²) in [4.78, 5) is 14.1. The van der Waals surface area contributed by atoms with Gasteiger partial charge >= 0.3 is 0 Å². The summed E-state index contributed by atoms with van der Waals surface area (Å²) in [6.07, 6.45) is 0. The minimum atomic E-state index is -0.980. The van der Waals surface area contributed by atoms with Gasteiger partial charge in [0, 0.05) is 18.8 Å². The van der Waals surface area contributed by atoms with Crippen LogP contribution in [0.4, 0.5) is 4.39 Å². The second-order valence-electron chi connectivity index (χ2n) is 6.19. The summed E-state index contributed by atoms with van der Waals surface area (Å²) in [5.41, 5.74) is 0.592. The Morgan fingerprint density at radius 2 is 2.09 bits per heavy atom. The van der Waals surface area contributed by atoms with Gasteiger partial charge in [0.2, 0.25) is 0 Å². The van der Waals surface area contributed by atoms with E-state index in [1.54, 1.807) is 39.0 Å². The number of carbonyl (C=O) groups is 1. The molecule has 0 saturated carbocycles. The smallest absolute Gasteiger partial charge is 0.274 e. The Balaban J connectivity index is 2.31. The number of benzene rings is 1. The van der Waals surface area contributed by atoms with E-state index in [9.17, 15) is 14.3 Å². The maximum absolute atomic E-state index is 13.4. The van der Waals surface area contributed by atoms with Gasteiger partial charge in [-0.1, -0.05) is 6.07 Å². The molecular formula is C17H22FN3O2. The van der Waals surface area contributed by atoms with Gasteiger partial charge in [-0.25, -0.2) is 9.07 Å². The van der Waals surface area contributed by atoms with Crippen LogP contribution < -0.4 is 0 Å². The van der Waals surface area contributed by atoms with E-state index in [1.165, 1.54) is 21.7 Å². The fourth-order valence-corrected chi connectivity index (χ4v) is 2.40. The Hall–Kier alpha value is -2.21. The number of nitrogens with zero attached hydrogens (tertiary/aromatic N) is 3. The van der Waals surface area contributed by atoms with Gasteiger partial charge in [0.1, 0.15) is 5.82 Å². The van der Waals surface area contributed by atoms with Crippen molar-refractivity contribution in [3.05, 3.63) is 47.5 Å². The Kier molecular flexibility index (Phi) is 4.85. The van der Waals surface area contributed by atoms with Gasteiger partial charge in [-0.2, -0.15) is 5.10 Å². The summed E-state index contributed by atoms with van der Waals surface area (Å²) in [7, 11) is 0. The van der Waals surface area contributed by atoms with Crippen molar-refractivity contribution >= 4 is 5.91 Å². The van der Waals surface area contributed by atoms with Crippen molar-refractivity contribution in [3.63, 3.8) is 0 Å². The van der Waals surface area contributed by atoms with E-state index < -0.39 is 5.60 Å². The second kappa shape index (κ2) is 6.50. The monoisotopic (exact) mass is 319 g/mol. The maximum atomic E-state index is 13.4. The summed E-state index contributed by atoms with van der Waals surface area (Å²) in [5, 5.41) is 14.2. The molecular weight excluding hydrogens is 297 g/mol. The molecule has 23 heavy (non-hydrogen) atoms. The third-order valence-corrected chi connectivity index (χ3v) is 3.41. The number of aromatic nitrogens is 2. The van der Waals surface area contributed by atoms with Crippen molar-refractivity contribution in [1.29, 1.82) is 0 Å². The molecule has 1 N–H and O–H groups in total. The van der Waals surface area contributed by atoms with E-state index in [-0.39, 0.29) is 24.0 Å². The number of hydrogen-bond acceptors (Lipinski definition) is 3. The molecule has 5 nitrogen and oxygen atoms in total. The van der Waals surface area contributed by atoms with Crippen LogP contribution in [0.2, 0.25) is 0 Å². The van der Waals surface area contributed by atoms with Crippen LogP contribution >= 0.6 is 0 Å². The van der Waals surface area contributed by atoms with Crippen molar-refractivity contribution in [2.75, 3.05) is 13.1 Å². The molecule has 1 amide bonds. The molecule has 0 aliphatic carbocycles. The first-order valence-electron chi connectivity index (χ1n) is 7.55. The molecule has 6 heteroatoms. The van der Waals surface area contributed by atoms with Crippen molar-refractivity contribution in [1.82, 2.24) is 14.7 Å². The Morgan fingerprint density at radius 1 is 1.39 bits per heavy atom. The first-order chi connectivity index (χ1) is 10.7. The molecule has 0 aliphatic heterocycles. The number of likely N-dealkylation sites (N-methyl/N-ethyl adjacent to an activating group) is 1. The van der Waals surface area contributed by atoms with Crippen LogP contribution in [0, 0.1) is 12.7 Å². The number of amides is 1. The molecule has 0 atom stereocenters. The number of carbonyl (C=O) groups excluding carboxylic acids is 1. The summed E-state index contributed by atoms with van der Waals surface area (Å²) in [5.74, 6) is -0.615. The lowest BCUT2D eigenvalue weighted by Gasteiger charge is -2.27. The zero-order valence-corrected chi connectivity index (χ0v) is 13.9. The number of hydrogen-bond donors (Lipinski definition) is 1. The van der Waals surface area contributed by atoms with Crippen LogP contribution in [0.15, 0.2) is 30.3 Å². The van der Waals surface area contributed by atoms with Crippen molar-refractivity contribution < 1.29 is 14.3 Å². The predicted octanol–water partition coefficient (Wildman–Crippen LogP) is 2.55. The molecule has 0 saturated heterocycles. The summed E-state index contributed by atoms with van der Waals surface area (Å²) < 4.78 is 14.9. The van der Waals surface area contributed by atoms with Gasteiger partial charge in [0.05, 0.1) is 11.3 Å². The van der Waals surface area contributed by atoms with Crippen molar-refractivity contribution in [2.45, 2.75) is 33.3 Å². The zero-order chi connectivity index (χ0) is 17.2. The molecule has 0 bridgehead atoms. The fraction of sp³-hybridized carbons (Fsp3) is 0.412. The Morgan fingerprint density at radius 3 is 2.65 bits per heavy atom. The van der Waals surface area contributed by atoms with Crippen LogP contribution in [0.3, 0.4) is 0 Å². The first kappa shape index (κ1) is 17.1. The highest BCUT2D eigenvalue weighted by Crippen LogP contribution is 2.15. The molecule has 0 spiro atoms. The second-order valence-corrected chi connectivity index (χ2v) is 6.19. The Bertz CT molecular complexity index is 704. The molecule has 0 unspecified atom stereocenters. The lowest BCUT2D eigenvalue weighted by atomic mass is 10.1. The molecule has 124 valence electrons. The van der Waals surface area contributed by atoms with Gasteiger partial charge in [-0.05, 0) is 52.0 Å².